The maximum atomic E-state index is 3.57. The van der Waals surface area contributed by atoms with Crippen molar-refractivity contribution in [3.63, 3.8) is 0 Å². The maximum absolute atomic E-state index is 3.57. The van der Waals surface area contributed by atoms with Crippen LogP contribution in [-0.4, -0.2) is 37.6 Å². The van der Waals surface area contributed by atoms with E-state index in [0.717, 1.165) is 18.6 Å². The molecule has 72 valence electrons. The topological polar surface area (TPSA) is 15.3 Å². The molecule has 12 heavy (non-hydrogen) atoms. The molecule has 0 amide bonds. The molecule has 1 saturated carbocycles. The first-order valence-electron chi connectivity index (χ1n) is 5.15. The van der Waals surface area contributed by atoms with Gasteiger partial charge < -0.3 is 10.2 Å². The molecule has 0 aromatic heterocycles. The molecule has 0 unspecified atom stereocenters. The van der Waals surface area contributed by atoms with Crippen LogP contribution in [0.15, 0.2) is 0 Å². The molecule has 1 rings (SSSR count). The number of rotatable bonds is 3. The second kappa shape index (κ2) is 4.83. The molecule has 2 heteroatoms. The van der Waals surface area contributed by atoms with Crippen molar-refractivity contribution < 1.29 is 0 Å². The standard InChI is InChI=1S/C10H22N2/c1-4-11-9-7-5-6-8-10(9)12(2)3/h9-11H,4-8H2,1-3H3/t9-,10+/m1/s1. The molecule has 1 N–H and O–H groups in total. The molecule has 0 aromatic rings. The molecule has 2 nitrogen and oxygen atoms in total. The molecule has 0 radical (unpaired) electrons. The van der Waals surface area contributed by atoms with Gasteiger partial charge in [-0.3, -0.25) is 0 Å². The molecule has 0 heterocycles. The van der Waals surface area contributed by atoms with Gasteiger partial charge in [0.15, 0.2) is 0 Å². The van der Waals surface area contributed by atoms with Crippen LogP contribution in [-0.2, 0) is 0 Å². The lowest BCUT2D eigenvalue weighted by atomic mass is 9.89. The molecule has 0 bridgehead atoms. The van der Waals surface area contributed by atoms with Crippen molar-refractivity contribution in [2.24, 2.45) is 0 Å². The predicted octanol–water partition coefficient (Wildman–Crippen LogP) is 1.47. The van der Waals surface area contributed by atoms with Crippen molar-refractivity contribution in [1.82, 2.24) is 10.2 Å². The summed E-state index contributed by atoms with van der Waals surface area (Å²) in [5.41, 5.74) is 0. The van der Waals surface area contributed by atoms with E-state index in [1.54, 1.807) is 0 Å². The van der Waals surface area contributed by atoms with Gasteiger partial charge in [0.25, 0.3) is 0 Å². The van der Waals surface area contributed by atoms with E-state index in [2.05, 4.69) is 31.2 Å². The van der Waals surface area contributed by atoms with E-state index in [1.807, 2.05) is 0 Å². The molecule has 2 atom stereocenters. The number of nitrogens with zero attached hydrogens (tertiary/aromatic N) is 1. The Balaban J connectivity index is 2.42. The Bertz CT molecular complexity index is 121. The van der Waals surface area contributed by atoms with Crippen molar-refractivity contribution in [3.8, 4) is 0 Å². The van der Waals surface area contributed by atoms with Gasteiger partial charge in [0.1, 0.15) is 0 Å². The summed E-state index contributed by atoms with van der Waals surface area (Å²) in [6.45, 7) is 3.30. The third-order valence-corrected chi connectivity index (χ3v) is 2.86. The fourth-order valence-electron chi connectivity index (χ4n) is 2.23. The predicted molar refractivity (Wildman–Crippen MR) is 53.4 cm³/mol. The van der Waals surface area contributed by atoms with Crippen LogP contribution in [0, 0.1) is 0 Å². The van der Waals surface area contributed by atoms with E-state index in [-0.39, 0.29) is 0 Å². The highest BCUT2D eigenvalue weighted by molar-refractivity contribution is 4.85. The Hall–Kier alpha value is -0.0800. The van der Waals surface area contributed by atoms with Crippen LogP contribution in [0.2, 0.25) is 0 Å². The molecular formula is C10H22N2. The smallest absolute Gasteiger partial charge is 0.0243 e. The summed E-state index contributed by atoms with van der Waals surface area (Å²) < 4.78 is 0. The second-order valence-electron chi connectivity index (χ2n) is 3.98. The Morgan fingerprint density at radius 1 is 1.25 bits per heavy atom. The summed E-state index contributed by atoms with van der Waals surface area (Å²) in [4.78, 5) is 2.37. The molecule has 1 aliphatic carbocycles. The zero-order valence-corrected chi connectivity index (χ0v) is 8.64. The highest BCUT2D eigenvalue weighted by atomic mass is 15.1. The van der Waals surface area contributed by atoms with Crippen LogP contribution in [0.5, 0.6) is 0 Å². The van der Waals surface area contributed by atoms with Crippen molar-refractivity contribution >= 4 is 0 Å². The molecule has 1 aliphatic rings. The van der Waals surface area contributed by atoms with Gasteiger partial charge in [-0.25, -0.2) is 0 Å². The van der Waals surface area contributed by atoms with Crippen molar-refractivity contribution in [2.75, 3.05) is 20.6 Å². The van der Waals surface area contributed by atoms with Gasteiger partial charge in [-0.1, -0.05) is 19.8 Å². The number of hydrogen-bond acceptors (Lipinski definition) is 2. The second-order valence-corrected chi connectivity index (χ2v) is 3.98. The van der Waals surface area contributed by atoms with Gasteiger partial charge in [0.05, 0.1) is 0 Å². The number of nitrogens with one attached hydrogen (secondary N) is 1. The highest BCUT2D eigenvalue weighted by Crippen LogP contribution is 2.21. The third kappa shape index (κ3) is 2.46. The summed E-state index contributed by atoms with van der Waals surface area (Å²) in [5, 5.41) is 3.57. The molecule has 0 aromatic carbocycles. The first kappa shape index (κ1) is 10.0. The average molecular weight is 170 g/mol. The Morgan fingerprint density at radius 2 is 1.92 bits per heavy atom. The van der Waals surface area contributed by atoms with Crippen LogP contribution < -0.4 is 5.32 Å². The Kier molecular flexibility index (Phi) is 4.02. The van der Waals surface area contributed by atoms with E-state index in [0.29, 0.717) is 0 Å². The number of hydrogen-bond donors (Lipinski definition) is 1. The zero-order valence-electron chi connectivity index (χ0n) is 8.64. The summed E-state index contributed by atoms with van der Waals surface area (Å²) in [5.74, 6) is 0. The summed E-state index contributed by atoms with van der Waals surface area (Å²) >= 11 is 0. The first-order valence-corrected chi connectivity index (χ1v) is 5.15. The van der Waals surface area contributed by atoms with Gasteiger partial charge in [-0.15, -0.1) is 0 Å². The lowest BCUT2D eigenvalue weighted by molar-refractivity contribution is 0.178. The molecular weight excluding hydrogens is 148 g/mol. The lowest BCUT2D eigenvalue weighted by Crippen LogP contribution is -2.49. The fraction of sp³-hybridized carbons (Fsp3) is 1.00. The van der Waals surface area contributed by atoms with Crippen molar-refractivity contribution in [1.29, 1.82) is 0 Å². The number of likely N-dealkylation sites (N-methyl/N-ethyl adjacent to an activating group) is 2. The van der Waals surface area contributed by atoms with Crippen LogP contribution >= 0.6 is 0 Å². The lowest BCUT2D eigenvalue weighted by Gasteiger charge is -2.36. The summed E-state index contributed by atoms with van der Waals surface area (Å²) in [6, 6.07) is 1.50. The Morgan fingerprint density at radius 3 is 2.50 bits per heavy atom. The maximum Gasteiger partial charge on any atom is 0.0243 e. The minimum Gasteiger partial charge on any atom is -0.313 e. The first-order chi connectivity index (χ1) is 5.75. The molecule has 0 spiro atoms. The van der Waals surface area contributed by atoms with Gasteiger partial charge in [0.2, 0.25) is 0 Å². The van der Waals surface area contributed by atoms with Gasteiger partial charge in [-0.2, -0.15) is 0 Å². The van der Waals surface area contributed by atoms with Gasteiger partial charge >= 0.3 is 0 Å². The monoisotopic (exact) mass is 170 g/mol. The average Bonchev–Trinajstić information content (AvgIpc) is 2.05. The minimum atomic E-state index is 0.735. The van der Waals surface area contributed by atoms with Crippen LogP contribution in [0.4, 0.5) is 0 Å². The van der Waals surface area contributed by atoms with E-state index in [4.69, 9.17) is 0 Å². The summed E-state index contributed by atoms with van der Waals surface area (Å²) in [6.07, 6.45) is 5.54. The third-order valence-electron chi connectivity index (χ3n) is 2.86. The highest BCUT2D eigenvalue weighted by Gasteiger charge is 2.25. The minimum absolute atomic E-state index is 0.735. The van der Waals surface area contributed by atoms with Gasteiger partial charge in [-0.05, 0) is 33.5 Å². The van der Waals surface area contributed by atoms with E-state index in [1.165, 1.54) is 25.7 Å². The van der Waals surface area contributed by atoms with E-state index in [9.17, 15) is 0 Å². The molecule has 0 saturated heterocycles. The zero-order chi connectivity index (χ0) is 8.97. The largest absolute Gasteiger partial charge is 0.313 e. The Labute approximate surface area is 76.3 Å². The fourth-order valence-corrected chi connectivity index (χ4v) is 2.23. The van der Waals surface area contributed by atoms with Crippen molar-refractivity contribution in [2.45, 2.75) is 44.7 Å². The quantitative estimate of drug-likeness (QED) is 0.690. The van der Waals surface area contributed by atoms with Crippen LogP contribution in [0.3, 0.4) is 0 Å². The normalized spacial score (nSPS) is 31.0. The van der Waals surface area contributed by atoms with Gasteiger partial charge in [0, 0.05) is 12.1 Å². The van der Waals surface area contributed by atoms with E-state index < -0.39 is 0 Å². The molecule has 0 aliphatic heterocycles. The van der Waals surface area contributed by atoms with Crippen LogP contribution in [0.1, 0.15) is 32.6 Å². The van der Waals surface area contributed by atoms with E-state index >= 15 is 0 Å². The SMILES string of the molecule is CCN[C@@H]1CCCC[C@@H]1N(C)C. The molecule has 1 fully saturated rings. The summed E-state index contributed by atoms with van der Waals surface area (Å²) in [7, 11) is 4.39. The van der Waals surface area contributed by atoms with Crippen LogP contribution in [0.25, 0.3) is 0 Å². The van der Waals surface area contributed by atoms with Crippen molar-refractivity contribution in [3.05, 3.63) is 0 Å².